The first-order valence-electron chi connectivity index (χ1n) is 10.8. The van der Waals surface area contributed by atoms with E-state index in [1.54, 1.807) is 39.9 Å². The van der Waals surface area contributed by atoms with Gasteiger partial charge in [0, 0.05) is 43.7 Å². The van der Waals surface area contributed by atoms with E-state index in [4.69, 9.17) is 5.10 Å². The molecule has 3 heterocycles. The Morgan fingerprint density at radius 1 is 1.06 bits per heavy atom. The van der Waals surface area contributed by atoms with Crippen molar-refractivity contribution in [3.05, 3.63) is 96.3 Å². The molecular formula is C25H23N5O3S. The van der Waals surface area contributed by atoms with Crippen LogP contribution >= 0.6 is 0 Å². The molecule has 2 aliphatic rings. The van der Waals surface area contributed by atoms with Crippen LogP contribution in [0, 0.1) is 0 Å². The number of hydrogen-bond donors (Lipinski definition) is 0. The number of rotatable bonds is 5. The second-order valence-electron chi connectivity index (χ2n) is 8.13. The number of likely N-dealkylation sites (N-methyl/N-ethyl adjacent to an activating group) is 1. The first kappa shape index (κ1) is 21.8. The van der Waals surface area contributed by atoms with Gasteiger partial charge in [-0.05, 0) is 24.3 Å². The molecule has 1 amide bonds. The molecule has 1 aromatic heterocycles. The molecule has 34 heavy (non-hydrogen) atoms. The van der Waals surface area contributed by atoms with Crippen LogP contribution in [0.3, 0.4) is 0 Å². The molecule has 2 aliphatic heterocycles. The van der Waals surface area contributed by atoms with Gasteiger partial charge in [0.15, 0.2) is 5.84 Å². The highest BCUT2D eigenvalue weighted by Gasteiger charge is 2.31. The van der Waals surface area contributed by atoms with Crippen LogP contribution < -0.4 is 0 Å². The summed E-state index contributed by atoms with van der Waals surface area (Å²) in [4.78, 5) is 16.6. The molecule has 2 aromatic carbocycles. The number of allylic oxidation sites excluding steroid dienone is 2. The third-order valence-corrected chi connectivity index (χ3v) is 6.85. The molecule has 0 radical (unpaired) electrons. The summed E-state index contributed by atoms with van der Waals surface area (Å²) in [6.45, 7) is 0.560. The van der Waals surface area contributed by atoms with Crippen LogP contribution in [-0.4, -0.2) is 59.1 Å². The topological polar surface area (TPSA) is 87.9 Å². The summed E-state index contributed by atoms with van der Waals surface area (Å²) >= 11 is 0. The van der Waals surface area contributed by atoms with E-state index in [0.29, 0.717) is 0 Å². The number of carbonyl (C=O) groups is 1. The van der Waals surface area contributed by atoms with Gasteiger partial charge in [0.05, 0.1) is 22.7 Å². The number of amidine groups is 1. The normalized spacial score (nSPS) is 16.4. The fraction of sp³-hybridized carbons (Fsp3) is 0.160. The van der Waals surface area contributed by atoms with Gasteiger partial charge < -0.3 is 9.80 Å². The molecule has 9 heteroatoms. The summed E-state index contributed by atoms with van der Waals surface area (Å²) < 4.78 is 29.8. The molecule has 0 bridgehead atoms. The summed E-state index contributed by atoms with van der Waals surface area (Å²) in [7, 11) is -1.89. The number of amides is 1. The number of nitrogens with zero attached hydrogens (tertiary/aromatic N) is 5. The minimum atomic E-state index is -3.59. The van der Waals surface area contributed by atoms with Gasteiger partial charge in [-0.1, -0.05) is 48.5 Å². The Labute approximate surface area is 198 Å². The molecule has 3 aromatic rings. The van der Waals surface area contributed by atoms with Crippen LogP contribution in [0.15, 0.2) is 95.2 Å². The van der Waals surface area contributed by atoms with Gasteiger partial charge in [0.25, 0.3) is 15.9 Å². The summed E-state index contributed by atoms with van der Waals surface area (Å²) in [5, 5.41) is 4.80. The number of hydrogen-bond acceptors (Lipinski definition) is 5. The van der Waals surface area contributed by atoms with Gasteiger partial charge in [-0.3, -0.25) is 4.79 Å². The standard InChI is InChI=1S/C25H23N5O3S/c1-28(25(31)22-13-8-14-29-15-16-34(32,33)27-24(22)29)17-20-18-30(21-11-6-3-7-12-21)26-23(20)19-9-4-2-5-10-19/h2-14,18H,15-17H2,1H3. The van der Waals surface area contributed by atoms with Crippen molar-refractivity contribution >= 4 is 21.8 Å². The van der Waals surface area contributed by atoms with E-state index in [9.17, 15) is 13.2 Å². The number of aromatic nitrogens is 2. The molecule has 0 spiro atoms. The predicted molar refractivity (Wildman–Crippen MR) is 131 cm³/mol. The molecule has 172 valence electrons. The van der Waals surface area contributed by atoms with Crippen LogP contribution in [0.25, 0.3) is 16.9 Å². The Bertz CT molecular complexity index is 1420. The predicted octanol–water partition coefficient (Wildman–Crippen LogP) is 3.00. The maximum Gasteiger partial charge on any atom is 0.257 e. The van der Waals surface area contributed by atoms with E-state index < -0.39 is 10.0 Å². The van der Waals surface area contributed by atoms with Crippen LogP contribution in [0.1, 0.15) is 5.56 Å². The second kappa shape index (κ2) is 8.75. The lowest BCUT2D eigenvalue weighted by Gasteiger charge is -2.30. The van der Waals surface area contributed by atoms with Crippen LogP contribution in [0.4, 0.5) is 0 Å². The zero-order chi connectivity index (χ0) is 23.7. The largest absolute Gasteiger partial charge is 0.337 e. The van der Waals surface area contributed by atoms with Gasteiger partial charge in [-0.15, -0.1) is 4.40 Å². The van der Waals surface area contributed by atoms with E-state index in [1.807, 2.05) is 66.9 Å². The van der Waals surface area contributed by atoms with Crippen LogP contribution in [0.2, 0.25) is 0 Å². The van der Waals surface area contributed by atoms with Crippen molar-refractivity contribution in [2.45, 2.75) is 6.54 Å². The summed E-state index contributed by atoms with van der Waals surface area (Å²) in [5.74, 6) is -0.206. The number of benzene rings is 2. The molecule has 0 saturated carbocycles. The highest BCUT2D eigenvalue weighted by molar-refractivity contribution is 7.90. The molecule has 0 fully saturated rings. The average Bonchev–Trinajstić information content (AvgIpc) is 3.27. The molecule has 0 aliphatic carbocycles. The number of sulfonamides is 1. The zero-order valence-corrected chi connectivity index (χ0v) is 19.4. The zero-order valence-electron chi connectivity index (χ0n) is 18.6. The molecule has 5 rings (SSSR count). The Kier molecular flexibility index (Phi) is 5.62. The van der Waals surface area contributed by atoms with E-state index in [0.717, 1.165) is 22.5 Å². The number of fused-ring (bicyclic) bond motifs is 1. The smallest absolute Gasteiger partial charge is 0.257 e. The van der Waals surface area contributed by atoms with Crippen LogP contribution in [-0.2, 0) is 21.4 Å². The number of para-hydroxylation sites is 1. The molecular weight excluding hydrogens is 450 g/mol. The Morgan fingerprint density at radius 3 is 2.50 bits per heavy atom. The lowest BCUT2D eigenvalue weighted by atomic mass is 10.1. The van der Waals surface area contributed by atoms with Crippen molar-refractivity contribution in [2.75, 3.05) is 19.3 Å². The SMILES string of the molecule is CN(Cc1cn(-c2ccccc2)nc1-c1ccccc1)C(=O)C1=CC=CN2CCS(=O)(=O)N=C12. The lowest BCUT2D eigenvalue weighted by Crippen LogP contribution is -2.42. The van der Waals surface area contributed by atoms with Crippen molar-refractivity contribution < 1.29 is 13.2 Å². The fourth-order valence-corrected chi connectivity index (χ4v) is 4.98. The Hall–Kier alpha value is -3.98. The van der Waals surface area contributed by atoms with E-state index >= 15 is 0 Å². The van der Waals surface area contributed by atoms with Crippen molar-refractivity contribution in [2.24, 2.45) is 4.40 Å². The van der Waals surface area contributed by atoms with Crippen molar-refractivity contribution in [1.82, 2.24) is 19.6 Å². The monoisotopic (exact) mass is 473 g/mol. The van der Waals surface area contributed by atoms with E-state index in [-0.39, 0.29) is 36.2 Å². The van der Waals surface area contributed by atoms with Gasteiger partial charge in [-0.25, -0.2) is 13.1 Å². The quantitative estimate of drug-likeness (QED) is 0.569. The van der Waals surface area contributed by atoms with Crippen molar-refractivity contribution in [1.29, 1.82) is 0 Å². The third kappa shape index (κ3) is 4.29. The minimum Gasteiger partial charge on any atom is -0.337 e. The average molecular weight is 474 g/mol. The van der Waals surface area contributed by atoms with Gasteiger partial charge in [0.1, 0.15) is 0 Å². The summed E-state index contributed by atoms with van der Waals surface area (Å²) in [6, 6.07) is 19.6. The maximum atomic E-state index is 13.4. The highest BCUT2D eigenvalue weighted by Crippen LogP contribution is 2.26. The second-order valence-corrected chi connectivity index (χ2v) is 9.88. The van der Waals surface area contributed by atoms with Crippen LogP contribution in [0.5, 0.6) is 0 Å². The molecule has 0 saturated heterocycles. The minimum absolute atomic E-state index is 0.0722. The van der Waals surface area contributed by atoms with Gasteiger partial charge >= 0.3 is 0 Å². The first-order valence-corrected chi connectivity index (χ1v) is 12.5. The molecule has 0 N–H and O–H groups in total. The van der Waals surface area contributed by atoms with E-state index in [2.05, 4.69) is 4.40 Å². The lowest BCUT2D eigenvalue weighted by molar-refractivity contribution is -0.125. The molecule has 0 unspecified atom stereocenters. The summed E-state index contributed by atoms with van der Waals surface area (Å²) in [6.07, 6.45) is 7.01. The third-order valence-electron chi connectivity index (χ3n) is 5.70. The van der Waals surface area contributed by atoms with E-state index in [1.165, 1.54) is 0 Å². The molecule has 0 atom stereocenters. The Morgan fingerprint density at radius 2 is 1.76 bits per heavy atom. The van der Waals surface area contributed by atoms with Gasteiger partial charge in [0.2, 0.25) is 0 Å². The first-order chi connectivity index (χ1) is 16.4. The molecule has 8 nitrogen and oxygen atoms in total. The van der Waals surface area contributed by atoms with Gasteiger partial charge in [-0.2, -0.15) is 5.10 Å². The summed E-state index contributed by atoms with van der Waals surface area (Å²) in [5.41, 5.74) is 3.76. The fourth-order valence-electron chi connectivity index (χ4n) is 3.99. The number of carbonyl (C=O) groups excluding carboxylic acids is 1. The Balaban J connectivity index is 1.47. The highest BCUT2D eigenvalue weighted by atomic mass is 32.2. The maximum absolute atomic E-state index is 13.4. The van der Waals surface area contributed by atoms with Crippen molar-refractivity contribution in [3.63, 3.8) is 0 Å². The van der Waals surface area contributed by atoms with Crippen molar-refractivity contribution in [3.8, 4) is 16.9 Å².